The first-order valence-corrected chi connectivity index (χ1v) is 9.17. The number of nitrogens with zero attached hydrogens (tertiary/aromatic N) is 5. The number of fused-ring (bicyclic) bond motifs is 1. The number of rotatable bonds is 4. The van der Waals surface area contributed by atoms with Crippen LogP contribution < -0.4 is 4.74 Å². The van der Waals surface area contributed by atoms with E-state index in [2.05, 4.69) is 51.2 Å². The van der Waals surface area contributed by atoms with E-state index in [9.17, 15) is 0 Å². The molecular formula is C20H25N5O. The summed E-state index contributed by atoms with van der Waals surface area (Å²) in [5, 5.41) is 4.39. The third kappa shape index (κ3) is 3.29. The molecule has 0 radical (unpaired) electrons. The fraction of sp³-hybridized carbons (Fsp3) is 0.450. The standard InChI is InChI=1S/C20H25N5O/c1-14-9-18(26-3)7-6-16(14)11-24-8-4-5-17(12-24)19-10-15(2)23-20-21-13-22-25(19)20/h6-7,9-10,13,17H,4-5,8,11-12H2,1-3H3. The van der Waals surface area contributed by atoms with Crippen LogP contribution in [0.2, 0.25) is 0 Å². The number of hydrogen-bond donors (Lipinski definition) is 0. The molecule has 6 nitrogen and oxygen atoms in total. The Balaban J connectivity index is 1.55. The number of piperidine rings is 1. The number of hydrogen-bond acceptors (Lipinski definition) is 5. The highest BCUT2D eigenvalue weighted by atomic mass is 16.5. The van der Waals surface area contributed by atoms with E-state index in [1.807, 2.05) is 11.4 Å². The Kier molecular flexibility index (Phi) is 4.59. The van der Waals surface area contributed by atoms with Crippen LogP contribution in [0.3, 0.4) is 0 Å². The minimum absolute atomic E-state index is 0.452. The smallest absolute Gasteiger partial charge is 0.252 e. The minimum Gasteiger partial charge on any atom is -0.497 e. The number of methoxy groups -OCH3 is 1. The highest BCUT2D eigenvalue weighted by molar-refractivity contribution is 5.35. The average molecular weight is 351 g/mol. The second kappa shape index (κ2) is 7.03. The van der Waals surface area contributed by atoms with Crippen LogP contribution in [-0.4, -0.2) is 44.7 Å². The maximum absolute atomic E-state index is 5.32. The maximum atomic E-state index is 5.32. The Morgan fingerprint density at radius 2 is 2.12 bits per heavy atom. The first-order valence-electron chi connectivity index (χ1n) is 9.17. The summed E-state index contributed by atoms with van der Waals surface area (Å²) < 4.78 is 7.23. The molecule has 0 amide bonds. The van der Waals surface area contributed by atoms with Gasteiger partial charge in [0.25, 0.3) is 5.78 Å². The summed E-state index contributed by atoms with van der Waals surface area (Å²) in [5.74, 6) is 2.07. The third-order valence-corrected chi connectivity index (χ3v) is 5.27. The van der Waals surface area contributed by atoms with Gasteiger partial charge in [0.1, 0.15) is 12.1 Å². The quantitative estimate of drug-likeness (QED) is 0.723. The first-order chi connectivity index (χ1) is 12.6. The van der Waals surface area contributed by atoms with E-state index >= 15 is 0 Å². The highest BCUT2D eigenvalue weighted by Gasteiger charge is 2.24. The van der Waals surface area contributed by atoms with Gasteiger partial charge in [-0.25, -0.2) is 9.50 Å². The van der Waals surface area contributed by atoms with Crippen LogP contribution in [0.25, 0.3) is 5.78 Å². The van der Waals surface area contributed by atoms with Gasteiger partial charge in [0.05, 0.1) is 12.8 Å². The molecule has 136 valence electrons. The average Bonchev–Trinajstić information content (AvgIpc) is 3.11. The molecule has 6 heteroatoms. The number of benzene rings is 1. The zero-order valence-corrected chi connectivity index (χ0v) is 15.6. The SMILES string of the molecule is COc1ccc(CN2CCCC(c3cc(C)nc4ncnn34)C2)c(C)c1. The third-order valence-electron chi connectivity index (χ3n) is 5.27. The summed E-state index contributed by atoms with van der Waals surface area (Å²) >= 11 is 0. The summed E-state index contributed by atoms with van der Waals surface area (Å²) in [6, 6.07) is 8.51. The van der Waals surface area contributed by atoms with E-state index in [1.165, 1.54) is 29.7 Å². The van der Waals surface area contributed by atoms with E-state index in [-0.39, 0.29) is 0 Å². The molecule has 1 saturated heterocycles. The van der Waals surface area contributed by atoms with Gasteiger partial charge in [-0.15, -0.1) is 0 Å². The van der Waals surface area contributed by atoms with Crippen molar-refractivity contribution in [2.45, 2.75) is 39.2 Å². The Hall–Kier alpha value is -2.47. The van der Waals surface area contributed by atoms with Gasteiger partial charge in [-0.1, -0.05) is 6.07 Å². The fourth-order valence-electron chi connectivity index (χ4n) is 3.90. The zero-order valence-electron chi connectivity index (χ0n) is 15.6. The number of aryl methyl sites for hydroxylation is 2. The molecule has 1 fully saturated rings. The van der Waals surface area contributed by atoms with Crippen molar-refractivity contribution in [3.63, 3.8) is 0 Å². The van der Waals surface area contributed by atoms with Crippen molar-refractivity contribution in [1.29, 1.82) is 0 Å². The second-order valence-electron chi connectivity index (χ2n) is 7.16. The van der Waals surface area contributed by atoms with Crippen LogP contribution in [-0.2, 0) is 6.54 Å². The van der Waals surface area contributed by atoms with Gasteiger partial charge in [0.15, 0.2) is 0 Å². The Morgan fingerprint density at radius 3 is 2.92 bits per heavy atom. The molecule has 0 spiro atoms. The molecule has 2 aromatic heterocycles. The van der Waals surface area contributed by atoms with Gasteiger partial charge in [0, 0.05) is 24.7 Å². The minimum atomic E-state index is 0.452. The van der Waals surface area contributed by atoms with Gasteiger partial charge in [-0.3, -0.25) is 4.90 Å². The molecule has 1 atom stereocenters. The van der Waals surface area contributed by atoms with Gasteiger partial charge in [0.2, 0.25) is 0 Å². The van der Waals surface area contributed by atoms with Crippen LogP contribution in [0.15, 0.2) is 30.6 Å². The van der Waals surface area contributed by atoms with Gasteiger partial charge >= 0.3 is 0 Å². The maximum Gasteiger partial charge on any atom is 0.252 e. The van der Waals surface area contributed by atoms with E-state index < -0.39 is 0 Å². The molecule has 26 heavy (non-hydrogen) atoms. The number of aromatic nitrogens is 4. The normalized spacial score (nSPS) is 18.3. The van der Waals surface area contributed by atoms with Crippen molar-refractivity contribution >= 4 is 5.78 Å². The lowest BCUT2D eigenvalue weighted by Crippen LogP contribution is -2.34. The Bertz CT molecular complexity index is 920. The summed E-state index contributed by atoms with van der Waals surface area (Å²) in [6.07, 6.45) is 3.96. The molecule has 4 rings (SSSR count). The highest BCUT2D eigenvalue weighted by Crippen LogP contribution is 2.29. The molecule has 0 aliphatic carbocycles. The predicted octanol–water partition coefficient (Wildman–Crippen LogP) is 3.13. The predicted molar refractivity (Wildman–Crippen MR) is 101 cm³/mol. The molecule has 1 unspecified atom stereocenters. The van der Waals surface area contributed by atoms with Gasteiger partial charge < -0.3 is 4.74 Å². The van der Waals surface area contributed by atoms with Gasteiger partial charge in [-0.05, 0) is 62.6 Å². The fourth-order valence-corrected chi connectivity index (χ4v) is 3.90. The van der Waals surface area contributed by atoms with Crippen molar-refractivity contribution in [2.24, 2.45) is 0 Å². The summed E-state index contributed by atoms with van der Waals surface area (Å²) in [5.41, 5.74) is 4.87. The lowest BCUT2D eigenvalue weighted by atomic mass is 9.93. The molecule has 1 aromatic carbocycles. The molecule has 1 aliphatic heterocycles. The molecule has 0 saturated carbocycles. The topological polar surface area (TPSA) is 55.5 Å². The lowest BCUT2D eigenvalue weighted by molar-refractivity contribution is 0.197. The Morgan fingerprint density at radius 1 is 1.23 bits per heavy atom. The van der Waals surface area contributed by atoms with Gasteiger partial charge in [-0.2, -0.15) is 10.1 Å². The van der Waals surface area contributed by atoms with Crippen LogP contribution in [0.5, 0.6) is 5.75 Å². The number of likely N-dealkylation sites (tertiary alicyclic amines) is 1. The van der Waals surface area contributed by atoms with Crippen molar-refractivity contribution in [2.75, 3.05) is 20.2 Å². The lowest BCUT2D eigenvalue weighted by Gasteiger charge is -2.33. The van der Waals surface area contributed by atoms with Crippen molar-refractivity contribution in [1.82, 2.24) is 24.5 Å². The van der Waals surface area contributed by atoms with Crippen LogP contribution in [0, 0.1) is 13.8 Å². The molecule has 3 heterocycles. The summed E-state index contributed by atoms with van der Waals surface area (Å²) in [7, 11) is 1.71. The van der Waals surface area contributed by atoms with Crippen molar-refractivity contribution in [3.05, 3.63) is 53.1 Å². The largest absolute Gasteiger partial charge is 0.497 e. The van der Waals surface area contributed by atoms with E-state index in [1.54, 1.807) is 13.4 Å². The van der Waals surface area contributed by atoms with Crippen LogP contribution in [0.4, 0.5) is 0 Å². The second-order valence-corrected chi connectivity index (χ2v) is 7.16. The van der Waals surface area contributed by atoms with Crippen LogP contribution in [0.1, 0.15) is 41.3 Å². The molecule has 0 N–H and O–H groups in total. The van der Waals surface area contributed by atoms with E-state index in [0.29, 0.717) is 11.7 Å². The van der Waals surface area contributed by atoms with E-state index in [0.717, 1.165) is 31.1 Å². The monoisotopic (exact) mass is 351 g/mol. The molecule has 1 aliphatic rings. The van der Waals surface area contributed by atoms with Crippen LogP contribution >= 0.6 is 0 Å². The zero-order chi connectivity index (χ0) is 18.1. The summed E-state index contributed by atoms with van der Waals surface area (Å²) in [4.78, 5) is 11.3. The molecular weight excluding hydrogens is 326 g/mol. The Labute approximate surface area is 153 Å². The van der Waals surface area contributed by atoms with Crippen molar-refractivity contribution < 1.29 is 4.74 Å². The molecule has 0 bridgehead atoms. The first kappa shape index (κ1) is 17.0. The number of ether oxygens (including phenoxy) is 1. The van der Waals surface area contributed by atoms with E-state index in [4.69, 9.17) is 4.74 Å². The molecule has 3 aromatic rings. The van der Waals surface area contributed by atoms with Crippen molar-refractivity contribution in [3.8, 4) is 5.75 Å². The summed E-state index contributed by atoms with van der Waals surface area (Å²) in [6.45, 7) is 7.32.